The first-order valence-corrected chi connectivity index (χ1v) is 5.70. The van der Waals surface area contributed by atoms with Gasteiger partial charge >= 0.3 is 0 Å². The lowest BCUT2D eigenvalue weighted by atomic mass is 9.95. The highest BCUT2D eigenvalue weighted by molar-refractivity contribution is 9.10. The van der Waals surface area contributed by atoms with E-state index in [0.717, 1.165) is 18.4 Å². The molecule has 0 saturated heterocycles. The van der Waals surface area contributed by atoms with Crippen LogP contribution < -0.4 is 10.5 Å². The van der Waals surface area contributed by atoms with E-state index < -0.39 is 0 Å². The Bertz CT molecular complexity index is 388. The number of aromatic hydroxyl groups is 1. The number of hydrogen-bond acceptors (Lipinski definition) is 3. The highest BCUT2D eigenvalue weighted by Crippen LogP contribution is 2.53. The first kappa shape index (κ1) is 10.8. The van der Waals surface area contributed by atoms with Crippen LogP contribution in [0.15, 0.2) is 16.6 Å². The van der Waals surface area contributed by atoms with Gasteiger partial charge in [-0.3, -0.25) is 0 Å². The Hall–Kier alpha value is -0.740. The molecule has 1 aromatic rings. The second-order valence-corrected chi connectivity index (χ2v) is 4.82. The van der Waals surface area contributed by atoms with Crippen molar-refractivity contribution in [2.45, 2.75) is 18.3 Å². The molecule has 82 valence electrons. The third-order valence-corrected chi connectivity index (χ3v) is 3.74. The quantitative estimate of drug-likeness (QED) is 0.886. The molecular weight excluding hydrogens is 258 g/mol. The first-order valence-electron chi connectivity index (χ1n) is 4.90. The predicted molar refractivity (Wildman–Crippen MR) is 62.3 cm³/mol. The topological polar surface area (TPSA) is 55.5 Å². The van der Waals surface area contributed by atoms with Gasteiger partial charge in [0.15, 0.2) is 11.5 Å². The molecule has 1 aliphatic rings. The second-order valence-electron chi connectivity index (χ2n) is 3.96. The van der Waals surface area contributed by atoms with Crippen LogP contribution in [-0.4, -0.2) is 18.8 Å². The van der Waals surface area contributed by atoms with Gasteiger partial charge in [0.1, 0.15) is 0 Å². The summed E-state index contributed by atoms with van der Waals surface area (Å²) in [6.45, 7) is 0.602. The molecule has 0 heterocycles. The van der Waals surface area contributed by atoms with Crippen LogP contribution in [0.5, 0.6) is 11.5 Å². The van der Waals surface area contributed by atoms with E-state index in [1.54, 1.807) is 7.11 Å². The smallest absolute Gasteiger partial charge is 0.172 e. The third kappa shape index (κ3) is 1.62. The van der Waals surface area contributed by atoms with E-state index in [1.807, 2.05) is 12.1 Å². The SMILES string of the molecule is COc1c(C2(CN)CC2)ccc(Br)c1O. The number of nitrogens with two attached hydrogens (primary N) is 1. The Morgan fingerprint density at radius 3 is 2.67 bits per heavy atom. The Morgan fingerprint density at radius 1 is 1.53 bits per heavy atom. The summed E-state index contributed by atoms with van der Waals surface area (Å²) in [7, 11) is 1.57. The van der Waals surface area contributed by atoms with Crippen LogP contribution in [0.2, 0.25) is 0 Å². The van der Waals surface area contributed by atoms with Gasteiger partial charge in [-0.1, -0.05) is 6.07 Å². The van der Waals surface area contributed by atoms with E-state index in [4.69, 9.17) is 10.5 Å². The molecule has 1 aromatic carbocycles. The number of rotatable bonds is 3. The molecule has 3 N–H and O–H groups in total. The molecule has 0 bridgehead atoms. The van der Waals surface area contributed by atoms with E-state index in [9.17, 15) is 5.11 Å². The predicted octanol–water partition coefficient (Wildman–Crippen LogP) is 2.15. The van der Waals surface area contributed by atoms with Crippen molar-refractivity contribution in [3.05, 3.63) is 22.2 Å². The van der Waals surface area contributed by atoms with Crippen molar-refractivity contribution in [3.8, 4) is 11.5 Å². The van der Waals surface area contributed by atoms with E-state index in [0.29, 0.717) is 16.8 Å². The number of hydrogen-bond donors (Lipinski definition) is 2. The van der Waals surface area contributed by atoms with Crippen molar-refractivity contribution in [2.75, 3.05) is 13.7 Å². The number of ether oxygens (including phenoxy) is 1. The maximum atomic E-state index is 9.85. The third-order valence-electron chi connectivity index (χ3n) is 3.10. The number of phenols is 1. The maximum absolute atomic E-state index is 9.85. The monoisotopic (exact) mass is 271 g/mol. The van der Waals surface area contributed by atoms with E-state index in [1.165, 1.54) is 0 Å². The molecule has 3 nitrogen and oxygen atoms in total. The summed E-state index contributed by atoms with van der Waals surface area (Å²) < 4.78 is 5.90. The number of methoxy groups -OCH3 is 1. The maximum Gasteiger partial charge on any atom is 0.172 e. The fraction of sp³-hybridized carbons (Fsp3) is 0.455. The fourth-order valence-electron chi connectivity index (χ4n) is 1.91. The van der Waals surface area contributed by atoms with Crippen LogP contribution >= 0.6 is 15.9 Å². The normalized spacial score (nSPS) is 17.5. The number of phenolic OH excluding ortho intramolecular Hbond substituents is 1. The van der Waals surface area contributed by atoms with Crippen molar-refractivity contribution >= 4 is 15.9 Å². The molecule has 0 amide bonds. The van der Waals surface area contributed by atoms with E-state index in [-0.39, 0.29) is 11.2 Å². The molecule has 4 heteroatoms. The van der Waals surface area contributed by atoms with E-state index in [2.05, 4.69) is 15.9 Å². The zero-order chi connectivity index (χ0) is 11.1. The molecule has 15 heavy (non-hydrogen) atoms. The Kier molecular flexibility index (Phi) is 2.64. The molecule has 0 radical (unpaired) electrons. The summed E-state index contributed by atoms with van der Waals surface area (Å²) in [6.07, 6.45) is 2.14. The van der Waals surface area contributed by atoms with Gasteiger partial charge in [-0.05, 0) is 34.8 Å². The van der Waals surface area contributed by atoms with Gasteiger partial charge in [-0.2, -0.15) is 0 Å². The molecule has 1 saturated carbocycles. The average molecular weight is 272 g/mol. The van der Waals surface area contributed by atoms with Crippen molar-refractivity contribution in [1.29, 1.82) is 0 Å². The molecule has 0 aliphatic heterocycles. The van der Waals surface area contributed by atoms with Crippen LogP contribution in [0.3, 0.4) is 0 Å². The molecule has 0 spiro atoms. The largest absolute Gasteiger partial charge is 0.503 e. The summed E-state index contributed by atoms with van der Waals surface area (Å²) in [5.41, 5.74) is 6.82. The van der Waals surface area contributed by atoms with Crippen LogP contribution in [0.25, 0.3) is 0 Å². The van der Waals surface area contributed by atoms with Gasteiger partial charge in [0.25, 0.3) is 0 Å². The first-order chi connectivity index (χ1) is 7.14. The van der Waals surface area contributed by atoms with Gasteiger partial charge in [0.2, 0.25) is 0 Å². The van der Waals surface area contributed by atoms with Crippen molar-refractivity contribution in [2.24, 2.45) is 5.73 Å². The molecule has 2 rings (SSSR count). The minimum Gasteiger partial charge on any atom is -0.503 e. The molecule has 0 aromatic heterocycles. The lowest BCUT2D eigenvalue weighted by Crippen LogP contribution is -2.20. The molecule has 0 atom stereocenters. The number of benzene rings is 1. The summed E-state index contributed by atoms with van der Waals surface area (Å²) in [5, 5.41) is 9.85. The van der Waals surface area contributed by atoms with Gasteiger partial charge in [0.05, 0.1) is 11.6 Å². The van der Waals surface area contributed by atoms with Crippen LogP contribution in [0.4, 0.5) is 0 Å². The van der Waals surface area contributed by atoms with Crippen LogP contribution in [-0.2, 0) is 5.41 Å². The minimum absolute atomic E-state index is 0.0313. The lowest BCUT2D eigenvalue weighted by Gasteiger charge is -2.18. The highest BCUT2D eigenvalue weighted by Gasteiger charge is 2.45. The van der Waals surface area contributed by atoms with Crippen LogP contribution in [0, 0.1) is 0 Å². The Labute approximate surface area is 97.4 Å². The van der Waals surface area contributed by atoms with Gasteiger partial charge < -0.3 is 15.6 Å². The van der Waals surface area contributed by atoms with Crippen molar-refractivity contribution in [3.63, 3.8) is 0 Å². The zero-order valence-corrected chi connectivity index (χ0v) is 10.2. The van der Waals surface area contributed by atoms with Gasteiger partial charge in [-0.25, -0.2) is 0 Å². The average Bonchev–Trinajstić information content (AvgIpc) is 3.02. The van der Waals surface area contributed by atoms with Crippen molar-refractivity contribution < 1.29 is 9.84 Å². The standard InChI is InChI=1S/C11H14BrNO2/c1-15-10-7(11(6-13)4-5-11)2-3-8(12)9(10)14/h2-3,14H,4-6,13H2,1H3. The lowest BCUT2D eigenvalue weighted by molar-refractivity contribution is 0.363. The number of halogens is 1. The minimum atomic E-state index is 0.0313. The summed E-state index contributed by atoms with van der Waals surface area (Å²) in [4.78, 5) is 0. The van der Waals surface area contributed by atoms with Gasteiger partial charge in [-0.15, -0.1) is 0 Å². The molecule has 1 aliphatic carbocycles. The Morgan fingerprint density at radius 2 is 2.20 bits per heavy atom. The summed E-state index contributed by atoms with van der Waals surface area (Å²) in [5.74, 6) is 0.710. The zero-order valence-electron chi connectivity index (χ0n) is 8.59. The van der Waals surface area contributed by atoms with Crippen LogP contribution in [0.1, 0.15) is 18.4 Å². The fourth-order valence-corrected chi connectivity index (χ4v) is 2.22. The molecule has 1 fully saturated rings. The highest BCUT2D eigenvalue weighted by atomic mass is 79.9. The molecule has 0 unspecified atom stereocenters. The molecular formula is C11H14BrNO2. The van der Waals surface area contributed by atoms with Crippen molar-refractivity contribution in [1.82, 2.24) is 0 Å². The van der Waals surface area contributed by atoms with E-state index >= 15 is 0 Å². The second kappa shape index (κ2) is 3.68. The Balaban J connectivity index is 2.52. The summed E-state index contributed by atoms with van der Waals surface area (Å²) >= 11 is 3.27. The van der Waals surface area contributed by atoms with Gasteiger partial charge in [0, 0.05) is 17.5 Å². The summed E-state index contributed by atoms with van der Waals surface area (Å²) in [6, 6.07) is 3.81.